The van der Waals surface area contributed by atoms with Crippen LogP contribution in [0.2, 0.25) is 0 Å². The fourth-order valence-corrected chi connectivity index (χ4v) is 1.82. The summed E-state index contributed by atoms with van der Waals surface area (Å²) < 4.78 is 5.50. The number of rotatable bonds is 0. The SMILES string of the molecule is Cc1ccc2oc3nn[nH]c3c(=O)c2c1C. The first kappa shape index (κ1) is 9.08. The van der Waals surface area contributed by atoms with Crippen LogP contribution in [0.3, 0.4) is 0 Å². The third kappa shape index (κ3) is 1.02. The zero-order valence-corrected chi connectivity index (χ0v) is 8.87. The van der Waals surface area contributed by atoms with Crippen molar-refractivity contribution >= 4 is 22.2 Å². The predicted octanol–water partition coefficient (Wildman–Crippen LogP) is 1.68. The van der Waals surface area contributed by atoms with Gasteiger partial charge in [-0.1, -0.05) is 16.4 Å². The van der Waals surface area contributed by atoms with E-state index < -0.39 is 0 Å². The number of aryl methyl sites for hydroxylation is 2. The second-order valence-corrected chi connectivity index (χ2v) is 3.80. The summed E-state index contributed by atoms with van der Waals surface area (Å²) in [5.74, 6) is 0. The fourth-order valence-electron chi connectivity index (χ4n) is 1.82. The largest absolute Gasteiger partial charge is 0.435 e. The zero-order valence-electron chi connectivity index (χ0n) is 8.87. The molecule has 0 bridgehead atoms. The topological polar surface area (TPSA) is 71.8 Å². The van der Waals surface area contributed by atoms with Crippen LogP contribution in [0.5, 0.6) is 0 Å². The molecule has 0 amide bonds. The summed E-state index contributed by atoms with van der Waals surface area (Å²) in [5, 5.41) is 10.4. The van der Waals surface area contributed by atoms with E-state index in [1.807, 2.05) is 19.9 Å². The first-order chi connectivity index (χ1) is 7.68. The van der Waals surface area contributed by atoms with Crippen LogP contribution >= 0.6 is 0 Å². The number of nitrogens with one attached hydrogen (secondary N) is 1. The molecule has 0 atom stereocenters. The molecule has 3 aromatic rings. The molecule has 0 spiro atoms. The van der Waals surface area contributed by atoms with Gasteiger partial charge in [-0.3, -0.25) is 9.89 Å². The summed E-state index contributed by atoms with van der Waals surface area (Å²) in [5.41, 5.74) is 3.01. The third-order valence-corrected chi connectivity index (χ3v) is 2.87. The van der Waals surface area contributed by atoms with E-state index in [9.17, 15) is 4.79 Å². The molecule has 1 N–H and O–H groups in total. The minimum Gasteiger partial charge on any atom is -0.435 e. The van der Waals surface area contributed by atoms with Crippen molar-refractivity contribution in [3.8, 4) is 0 Å². The smallest absolute Gasteiger partial charge is 0.270 e. The van der Waals surface area contributed by atoms with Crippen LogP contribution in [0.4, 0.5) is 0 Å². The van der Waals surface area contributed by atoms with E-state index in [2.05, 4.69) is 15.4 Å². The Labute approximate surface area is 90.1 Å². The van der Waals surface area contributed by atoms with Gasteiger partial charge in [0, 0.05) is 0 Å². The highest BCUT2D eigenvalue weighted by molar-refractivity contribution is 5.88. The standard InChI is InChI=1S/C11H9N3O2/c1-5-3-4-7-8(6(5)2)10(15)9-11(16-7)13-14-12-9/h3-4H,1-2H3,(H,12,13,14). The summed E-state index contributed by atoms with van der Waals surface area (Å²) in [6.07, 6.45) is 0. The molecule has 0 radical (unpaired) electrons. The van der Waals surface area contributed by atoms with Gasteiger partial charge in [-0.15, -0.1) is 0 Å². The lowest BCUT2D eigenvalue weighted by molar-refractivity contribution is 0.641. The Balaban J connectivity index is 2.68. The zero-order chi connectivity index (χ0) is 11.3. The Bertz CT molecular complexity index is 755. The van der Waals surface area contributed by atoms with Crippen molar-refractivity contribution in [3.63, 3.8) is 0 Å². The third-order valence-electron chi connectivity index (χ3n) is 2.87. The fraction of sp³-hybridized carbons (Fsp3) is 0.182. The molecule has 0 saturated carbocycles. The molecule has 2 aromatic heterocycles. The van der Waals surface area contributed by atoms with Crippen molar-refractivity contribution in [2.45, 2.75) is 13.8 Å². The summed E-state index contributed by atoms with van der Waals surface area (Å²) >= 11 is 0. The van der Waals surface area contributed by atoms with Crippen LogP contribution in [0, 0.1) is 13.8 Å². The summed E-state index contributed by atoms with van der Waals surface area (Å²) in [6.45, 7) is 3.87. The molecule has 5 heteroatoms. The van der Waals surface area contributed by atoms with Gasteiger partial charge in [0.15, 0.2) is 5.52 Å². The van der Waals surface area contributed by atoms with Gasteiger partial charge in [-0.05, 0) is 31.0 Å². The molecule has 2 heterocycles. The van der Waals surface area contributed by atoms with Crippen molar-refractivity contribution in [1.82, 2.24) is 15.4 Å². The van der Waals surface area contributed by atoms with Gasteiger partial charge < -0.3 is 4.42 Å². The van der Waals surface area contributed by atoms with E-state index in [-0.39, 0.29) is 11.1 Å². The first-order valence-electron chi connectivity index (χ1n) is 4.92. The Morgan fingerprint density at radius 2 is 2.12 bits per heavy atom. The number of fused-ring (bicyclic) bond motifs is 2. The molecule has 0 saturated heterocycles. The van der Waals surface area contributed by atoms with Gasteiger partial charge in [0.05, 0.1) is 5.39 Å². The lowest BCUT2D eigenvalue weighted by Gasteiger charge is -2.03. The summed E-state index contributed by atoms with van der Waals surface area (Å²) in [4.78, 5) is 12.2. The van der Waals surface area contributed by atoms with E-state index in [0.717, 1.165) is 11.1 Å². The maximum Gasteiger partial charge on any atom is 0.270 e. The molecular weight excluding hydrogens is 206 g/mol. The Kier molecular flexibility index (Phi) is 1.65. The van der Waals surface area contributed by atoms with Crippen molar-refractivity contribution in [2.75, 3.05) is 0 Å². The van der Waals surface area contributed by atoms with Gasteiger partial charge in [0.1, 0.15) is 5.58 Å². The van der Waals surface area contributed by atoms with Crippen LogP contribution in [0.15, 0.2) is 21.3 Å². The molecule has 80 valence electrons. The van der Waals surface area contributed by atoms with Crippen LogP contribution in [0.1, 0.15) is 11.1 Å². The maximum absolute atomic E-state index is 12.2. The van der Waals surface area contributed by atoms with Crippen molar-refractivity contribution in [3.05, 3.63) is 33.5 Å². The minimum absolute atomic E-state index is 0.109. The number of H-pyrrole nitrogens is 1. The predicted molar refractivity (Wildman–Crippen MR) is 59.4 cm³/mol. The van der Waals surface area contributed by atoms with Crippen LogP contribution in [-0.4, -0.2) is 15.4 Å². The highest BCUT2D eigenvalue weighted by atomic mass is 16.3. The van der Waals surface area contributed by atoms with Gasteiger partial charge in [0.2, 0.25) is 5.43 Å². The molecule has 0 aliphatic carbocycles. The van der Waals surface area contributed by atoms with Crippen molar-refractivity contribution in [1.29, 1.82) is 0 Å². The molecular formula is C11H9N3O2. The Morgan fingerprint density at radius 1 is 1.31 bits per heavy atom. The molecule has 5 nitrogen and oxygen atoms in total. The van der Waals surface area contributed by atoms with E-state index in [4.69, 9.17) is 4.42 Å². The number of nitrogens with zero attached hydrogens (tertiary/aromatic N) is 2. The minimum atomic E-state index is -0.109. The van der Waals surface area contributed by atoms with Crippen molar-refractivity contribution in [2.24, 2.45) is 0 Å². The average molecular weight is 215 g/mol. The molecule has 16 heavy (non-hydrogen) atoms. The highest BCUT2D eigenvalue weighted by Gasteiger charge is 2.12. The molecule has 3 rings (SSSR count). The van der Waals surface area contributed by atoms with Crippen LogP contribution in [-0.2, 0) is 0 Å². The lowest BCUT2D eigenvalue weighted by atomic mass is 10.0. The molecule has 0 aliphatic heterocycles. The highest BCUT2D eigenvalue weighted by Crippen LogP contribution is 2.20. The summed E-state index contributed by atoms with van der Waals surface area (Å²) in [6, 6.07) is 3.71. The number of aromatic amines is 1. The lowest BCUT2D eigenvalue weighted by Crippen LogP contribution is -2.04. The van der Waals surface area contributed by atoms with E-state index in [1.54, 1.807) is 6.07 Å². The van der Waals surface area contributed by atoms with Gasteiger partial charge >= 0.3 is 0 Å². The van der Waals surface area contributed by atoms with Crippen molar-refractivity contribution < 1.29 is 4.42 Å². The quantitative estimate of drug-likeness (QED) is 0.619. The summed E-state index contributed by atoms with van der Waals surface area (Å²) in [7, 11) is 0. The molecule has 0 unspecified atom stereocenters. The number of hydrogen-bond acceptors (Lipinski definition) is 4. The van der Waals surface area contributed by atoms with Gasteiger partial charge in [0.25, 0.3) is 5.71 Å². The monoisotopic (exact) mass is 215 g/mol. The number of hydrogen-bond donors (Lipinski definition) is 1. The van der Waals surface area contributed by atoms with Crippen LogP contribution < -0.4 is 5.43 Å². The van der Waals surface area contributed by atoms with Gasteiger partial charge in [-0.25, -0.2) is 0 Å². The Morgan fingerprint density at radius 3 is 2.94 bits per heavy atom. The maximum atomic E-state index is 12.2. The van der Waals surface area contributed by atoms with Crippen LogP contribution in [0.25, 0.3) is 22.2 Å². The average Bonchev–Trinajstić information content (AvgIpc) is 2.72. The molecule has 1 aromatic carbocycles. The van der Waals surface area contributed by atoms with E-state index in [0.29, 0.717) is 16.5 Å². The second-order valence-electron chi connectivity index (χ2n) is 3.80. The number of benzene rings is 1. The van der Waals surface area contributed by atoms with E-state index in [1.165, 1.54) is 0 Å². The van der Waals surface area contributed by atoms with Gasteiger partial charge in [-0.2, -0.15) is 0 Å². The number of aromatic nitrogens is 3. The molecule has 0 fully saturated rings. The molecule has 0 aliphatic rings. The van der Waals surface area contributed by atoms with E-state index >= 15 is 0 Å². The normalized spacial score (nSPS) is 11.4. The first-order valence-corrected chi connectivity index (χ1v) is 4.92. The Hall–Kier alpha value is -2.17. The second kappa shape index (κ2) is 2.91.